The van der Waals surface area contributed by atoms with Crippen molar-refractivity contribution >= 4 is 17.5 Å². The van der Waals surface area contributed by atoms with Crippen molar-refractivity contribution in [1.29, 1.82) is 0 Å². The van der Waals surface area contributed by atoms with E-state index in [0.29, 0.717) is 48.7 Å². The van der Waals surface area contributed by atoms with E-state index in [1.165, 1.54) is 6.07 Å². The van der Waals surface area contributed by atoms with Crippen molar-refractivity contribution in [3.8, 4) is 17.2 Å². The molecule has 2 aliphatic heterocycles. The lowest BCUT2D eigenvalue weighted by Crippen LogP contribution is -2.41. The number of aromatic hydroxyl groups is 1. The molecule has 1 saturated heterocycles. The Morgan fingerprint density at radius 3 is 2.56 bits per heavy atom. The second-order valence-electron chi connectivity index (χ2n) is 6.64. The molecule has 27 heavy (non-hydrogen) atoms. The summed E-state index contributed by atoms with van der Waals surface area (Å²) in [6, 6.07) is 11.8. The van der Waals surface area contributed by atoms with E-state index in [1.54, 1.807) is 41.3 Å². The Kier molecular flexibility index (Phi) is 4.58. The number of likely N-dealkylation sites (tertiary alicyclic amines) is 1. The third kappa shape index (κ3) is 3.53. The first kappa shape index (κ1) is 17.2. The van der Waals surface area contributed by atoms with Crippen molar-refractivity contribution in [3.05, 3.63) is 48.0 Å². The Balaban J connectivity index is 1.34. The van der Waals surface area contributed by atoms with Crippen LogP contribution in [-0.2, 0) is 4.79 Å². The molecule has 2 amide bonds. The molecular formula is C20H20N2O5. The number of carbonyl (C=O) groups excluding carboxylic acids is 2. The normalized spacial score (nSPS) is 16.2. The highest BCUT2D eigenvalue weighted by Gasteiger charge is 2.29. The summed E-state index contributed by atoms with van der Waals surface area (Å²) in [6.07, 6.45) is 1.16. The molecule has 2 heterocycles. The Bertz CT molecular complexity index is 874. The number of anilines is 1. The lowest BCUT2D eigenvalue weighted by atomic mass is 9.95. The van der Waals surface area contributed by atoms with Crippen LogP contribution in [0.15, 0.2) is 42.5 Å². The Morgan fingerprint density at radius 2 is 1.78 bits per heavy atom. The molecule has 1 fully saturated rings. The zero-order valence-corrected chi connectivity index (χ0v) is 14.7. The minimum atomic E-state index is -0.206. The summed E-state index contributed by atoms with van der Waals surface area (Å²) in [7, 11) is 0. The third-order valence-corrected chi connectivity index (χ3v) is 4.93. The minimum Gasteiger partial charge on any atom is -0.507 e. The van der Waals surface area contributed by atoms with E-state index in [1.807, 2.05) is 0 Å². The summed E-state index contributed by atoms with van der Waals surface area (Å²) in [5.74, 6) is 0.833. The van der Waals surface area contributed by atoms with E-state index in [4.69, 9.17) is 9.47 Å². The van der Waals surface area contributed by atoms with E-state index in [-0.39, 0.29) is 30.3 Å². The molecule has 0 unspecified atom stereocenters. The number of nitrogens with zero attached hydrogens (tertiary/aromatic N) is 1. The molecule has 0 radical (unpaired) electrons. The number of carbonyl (C=O) groups is 2. The quantitative estimate of drug-likeness (QED) is 0.869. The summed E-state index contributed by atoms with van der Waals surface area (Å²) in [4.78, 5) is 26.8. The molecule has 0 aromatic heterocycles. The van der Waals surface area contributed by atoms with Gasteiger partial charge in [0.2, 0.25) is 12.7 Å². The lowest BCUT2D eigenvalue weighted by Gasteiger charge is -2.31. The summed E-state index contributed by atoms with van der Waals surface area (Å²) in [6.45, 7) is 1.15. The number of hydrogen-bond donors (Lipinski definition) is 2. The van der Waals surface area contributed by atoms with Gasteiger partial charge >= 0.3 is 0 Å². The second-order valence-corrected chi connectivity index (χ2v) is 6.64. The van der Waals surface area contributed by atoms with Gasteiger partial charge in [-0.05, 0) is 37.1 Å². The standard InChI is InChI=1S/C20H20N2O5/c23-16-4-2-1-3-15(16)20(25)22-9-7-13(8-10-22)19(24)21-14-5-6-17-18(11-14)27-12-26-17/h1-6,11,13,23H,7-10,12H2,(H,21,24). The first-order valence-electron chi connectivity index (χ1n) is 8.89. The van der Waals surface area contributed by atoms with Crippen molar-refractivity contribution < 1.29 is 24.2 Å². The summed E-state index contributed by atoms with van der Waals surface area (Å²) in [5, 5.41) is 12.8. The summed E-state index contributed by atoms with van der Waals surface area (Å²) < 4.78 is 10.6. The van der Waals surface area contributed by atoms with Gasteiger partial charge in [0.25, 0.3) is 5.91 Å². The van der Waals surface area contributed by atoms with Gasteiger partial charge in [-0.3, -0.25) is 9.59 Å². The van der Waals surface area contributed by atoms with Gasteiger partial charge in [-0.1, -0.05) is 12.1 Å². The molecule has 7 nitrogen and oxygen atoms in total. The predicted octanol–water partition coefficient (Wildman–Crippen LogP) is 2.61. The zero-order valence-electron chi connectivity index (χ0n) is 14.7. The van der Waals surface area contributed by atoms with Crippen LogP contribution in [0.3, 0.4) is 0 Å². The van der Waals surface area contributed by atoms with Gasteiger partial charge in [-0.2, -0.15) is 0 Å². The maximum atomic E-state index is 12.5. The maximum absolute atomic E-state index is 12.5. The van der Waals surface area contributed by atoms with Crippen LogP contribution in [-0.4, -0.2) is 41.7 Å². The van der Waals surface area contributed by atoms with Gasteiger partial charge in [0.05, 0.1) is 5.56 Å². The van der Waals surface area contributed by atoms with Crippen LogP contribution in [0.25, 0.3) is 0 Å². The first-order chi connectivity index (χ1) is 13.1. The highest BCUT2D eigenvalue weighted by atomic mass is 16.7. The number of fused-ring (bicyclic) bond motifs is 1. The van der Waals surface area contributed by atoms with Gasteiger partial charge in [0.15, 0.2) is 11.5 Å². The summed E-state index contributed by atoms with van der Waals surface area (Å²) >= 11 is 0. The fourth-order valence-corrected chi connectivity index (χ4v) is 3.39. The molecule has 0 aliphatic carbocycles. The SMILES string of the molecule is O=C(Nc1ccc2c(c1)OCO2)C1CCN(C(=O)c2ccccc2O)CC1. The fraction of sp³-hybridized carbons (Fsp3) is 0.300. The monoisotopic (exact) mass is 368 g/mol. The molecule has 2 N–H and O–H groups in total. The Labute approximate surface area is 156 Å². The average molecular weight is 368 g/mol. The van der Waals surface area contributed by atoms with Crippen LogP contribution in [0.1, 0.15) is 23.2 Å². The molecule has 0 atom stereocenters. The number of piperidine rings is 1. The van der Waals surface area contributed by atoms with Gasteiger partial charge < -0.3 is 24.8 Å². The number of hydrogen-bond acceptors (Lipinski definition) is 5. The fourth-order valence-electron chi connectivity index (χ4n) is 3.39. The highest BCUT2D eigenvalue weighted by molar-refractivity contribution is 5.97. The summed E-state index contributed by atoms with van der Waals surface area (Å²) in [5.41, 5.74) is 0.956. The molecule has 0 spiro atoms. The van der Waals surface area contributed by atoms with Crippen LogP contribution in [0.5, 0.6) is 17.2 Å². The van der Waals surface area contributed by atoms with E-state index >= 15 is 0 Å². The van der Waals surface area contributed by atoms with Gasteiger partial charge in [0, 0.05) is 30.8 Å². The lowest BCUT2D eigenvalue weighted by molar-refractivity contribution is -0.121. The predicted molar refractivity (Wildman–Crippen MR) is 97.9 cm³/mol. The largest absolute Gasteiger partial charge is 0.507 e. The molecule has 4 rings (SSSR count). The van der Waals surface area contributed by atoms with Crippen molar-refractivity contribution in [2.75, 3.05) is 25.2 Å². The Morgan fingerprint density at radius 1 is 1.04 bits per heavy atom. The molecule has 140 valence electrons. The molecule has 2 aliphatic rings. The average Bonchev–Trinajstić information content (AvgIpc) is 3.16. The molecule has 2 aromatic rings. The van der Waals surface area contributed by atoms with Gasteiger partial charge in [-0.15, -0.1) is 0 Å². The van der Waals surface area contributed by atoms with E-state index < -0.39 is 0 Å². The molecule has 0 bridgehead atoms. The number of nitrogens with one attached hydrogen (secondary N) is 1. The van der Waals surface area contributed by atoms with Crippen LogP contribution in [0.4, 0.5) is 5.69 Å². The number of benzene rings is 2. The molecule has 7 heteroatoms. The van der Waals surface area contributed by atoms with E-state index in [9.17, 15) is 14.7 Å². The Hall–Kier alpha value is -3.22. The first-order valence-corrected chi connectivity index (χ1v) is 8.89. The second kappa shape index (κ2) is 7.19. The number of ether oxygens (including phenoxy) is 2. The smallest absolute Gasteiger partial charge is 0.257 e. The molecule has 0 saturated carbocycles. The molecular weight excluding hydrogens is 348 g/mol. The van der Waals surface area contributed by atoms with E-state index in [0.717, 1.165) is 0 Å². The zero-order chi connectivity index (χ0) is 18.8. The van der Waals surface area contributed by atoms with E-state index in [2.05, 4.69) is 5.32 Å². The van der Waals surface area contributed by atoms with Crippen LogP contribution in [0, 0.1) is 5.92 Å². The van der Waals surface area contributed by atoms with Crippen molar-refractivity contribution in [2.24, 2.45) is 5.92 Å². The maximum Gasteiger partial charge on any atom is 0.257 e. The van der Waals surface area contributed by atoms with Crippen LogP contribution >= 0.6 is 0 Å². The number of phenolic OH excluding ortho intramolecular Hbond substituents is 1. The van der Waals surface area contributed by atoms with Gasteiger partial charge in [0.1, 0.15) is 5.75 Å². The number of phenols is 1. The number of rotatable bonds is 3. The number of amides is 2. The molecule has 2 aromatic carbocycles. The number of para-hydroxylation sites is 1. The van der Waals surface area contributed by atoms with Gasteiger partial charge in [-0.25, -0.2) is 0 Å². The topological polar surface area (TPSA) is 88.1 Å². The third-order valence-electron chi connectivity index (χ3n) is 4.93. The van der Waals surface area contributed by atoms with Crippen molar-refractivity contribution in [3.63, 3.8) is 0 Å². The highest BCUT2D eigenvalue weighted by Crippen LogP contribution is 2.34. The van der Waals surface area contributed by atoms with Crippen molar-refractivity contribution in [1.82, 2.24) is 4.90 Å². The minimum absolute atomic E-state index is 0.0230. The van der Waals surface area contributed by atoms with Crippen LogP contribution in [0.2, 0.25) is 0 Å². The van der Waals surface area contributed by atoms with Crippen molar-refractivity contribution in [2.45, 2.75) is 12.8 Å². The van der Waals surface area contributed by atoms with Crippen LogP contribution < -0.4 is 14.8 Å².